The van der Waals surface area contributed by atoms with Crippen molar-refractivity contribution >= 4 is 5.91 Å². The van der Waals surface area contributed by atoms with Gasteiger partial charge >= 0.3 is 6.18 Å². The maximum Gasteiger partial charge on any atom is 0.416 e. The number of hydrogen-bond acceptors (Lipinski definition) is 3. The quantitative estimate of drug-likeness (QED) is 0.410. The van der Waals surface area contributed by atoms with Crippen LogP contribution in [0.1, 0.15) is 28.7 Å². The average molecular weight is 500 g/mol. The van der Waals surface area contributed by atoms with Gasteiger partial charge in [-0.3, -0.25) is 9.69 Å². The first-order chi connectivity index (χ1) is 17.3. The van der Waals surface area contributed by atoms with Crippen LogP contribution in [0.15, 0.2) is 78.9 Å². The van der Waals surface area contributed by atoms with Crippen LogP contribution >= 0.6 is 0 Å². The summed E-state index contributed by atoms with van der Waals surface area (Å²) in [6.07, 6.45) is -3.47. The first-order valence-corrected chi connectivity index (χ1v) is 12.0. The number of amides is 1. The topological polar surface area (TPSA) is 44.4 Å². The smallest absolute Gasteiger partial charge is 0.354 e. The van der Waals surface area contributed by atoms with E-state index in [2.05, 4.69) is 15.5 Å². The normalized spacial score (nSPS) is 18.3. The summed E-state index contributed by atoms with van der Waals surface area (Å²) in [5.74, 6) is -0.428. The Morgan fingerprint density at radius 3 is 2.42 bits per heavy atom. The lowest BCUT2D eigenvalue weighted by molar-refractivity contribution is -0.137. The van der Waals surface area contributed by atoms with Gasteiger partial charge in [0.15, 0.2) is 0 Å². The predicted octanol–water partition coefficient (Wildman–Crippen LogP) is 4.94. The van der Waals surface area contributed by atoms with Crippen LogP contribution in [-0.2, 0) is 30.5 Å². The standard InChI is InChI=1S/C28H29F4N3O/c29-25-12-5-4-10-22(25)13-14-33-27(36)26-16-24(19-35(26)18-20-7-2-1-3-8-20)34-17-21-9-6-11-23(15-21)28(30,31)32/h1-12,15,24,26,34H,13-14,16-19H2,(H,33,36)/t24-,26-/m0/s1. The highest BCUT2D eigenvalue weighted by molar-refractivity contribution is 5.82. The zero-order valence-corrected chi connectivity index (χ0v) is 19.8. The third kappa shape index (κ3) is 6.92. The lowest BCUT2D eigenvalue weighted by Crippen LogP contribution is -2.43. The Morgan fingerprint density at radius 1 is 0.944 bits per heavy atom. The van der Waals surface area contributed by atoms with E-state index in [-0.39, 0.29) is 24.3 Å². The highest BCUT2D eigenvalue weighted by Crippen LogP contribution is 2.29. The molecule has 1 heterocycles. The van der Waals surface area contributed by atoms with Crippen LogP contribution in [0.2, 0.25) is 0 Å². The Labute approximate surface area is 208 Å². The van der Waals surface area contributed by atoms with Gasteiger partial charge in [-0.2, -0.15) is 13.2 Å². The van der Waals surface area contributed by atoms with E-state index in [9.17, 15) is 22.4 Å². The van der Waals surface area contributed by atoms with Crippen molar-refractivity contribution in [1.29, 1.82) is 0 Å². The van der Waals surface area contributed by atoms with Crippen LogP contribution in [0.4, 0.5) is 17.6 Å². The van der Waals surface area contributed by atoms with Crippen LogP contribution in [-0.4, -0.2) is 36.0 Å². The number of likely N-dealkylation sites (tertiary alicyclic amines) is 1. The van der Waals surface area contributed by atoms with Gasteiger partial charge in [-0.05, 0) is 41.7 Å². The monoisotopic (exact) mass is 499 g/mol. The van der Waals surface area contributed by atoms with E-state index in [1.54, 1.807) is 24.3 Å². The largest absolute Gasteiger partial charge is 0.416 e. The zero-order chi connectivity index (χ0) is 25.5. The first kappa shape index (κ1) is 25.9. The van der Waals surface area contributed by atoms with Crippen molar-refractivity contribution in [1.82, 2.24) is 15.5 Å². The van der Waals surface area contributed by atoms with E-state index in [0.717, 1.165) is 17.7 Å². The molecule has 3 aromatic rings. The van der Waals surface area contributed by atoms with Crippen molar-refractivity contribution in [2.24, 2.45) is 0 Å². The van der Waals surface area contributed by atoms with Crippen molar-refractivity contribution < 1.29 is 22.4 Å². The number of hydrogen-bond donors (Lipinski definition) is 2. The molecule has 36 heavy (non-hydrogen) atoms. The van der Waals surface area contributed by atoms with Gasteiger partial charge in [0.25, 0.3) is 0 Å². The van der Waals surface area contributed by atoms with Gasteiger partial charge in [0.1, 0.15) is 5.82 Å². The highest BCUT2D eigenvalue weighted by Gasteiger charge is 2.36. The molecular weight excluding hydrogens is 470 g/mol. The molecule has 0 unspecified atom stereocenters. The second kappa shape index (κ2) is 11.7. The molecule has 8 heteroatoms. The Balaban J connectivity index is 1.38. The average Bonchev–Trinajstić information content (AvgIpc) is 3.27. The summed E-state index contributed by atoms with van der Waals surface area (Å²) in [7, 11) is 0. The maximum atomic E-state index is 13.9. The first-order valence-electron chi connectivity index (χ1n) is 12.0. The summed E-state index contributed by atoms with van der Waals surface area (Å²) in [6, 6.07) is 21.1. The van der Waals surface area contributed by atoms with Crippen molar-refractivity contribution in [3.8, 4) is 0 Å². The molecule has 4 nitrogen and oxygen atoms in total. The molecule has 2 atom stereocenters. The van der Waals surface area contributed by atoms with E-state index in [1.807, 2.05) is 30.3 Å². The number of carbonyl (C=O) groups is 1. The fraction of sp³-hybridized carbons (Fsp3) is 0.321. The SMILES string of the molecule is O=C(NCCc1ccccc1F)[C@@H]1C[C@H](NCc2cccc(C(F)(F)F)c2)CN1Cc1ccccc1. The molecule has 0 aromatic heterocycles. The van der Waals surface area contributed by atoms with Crippen LogP contribution in [0.3, 0.4) is 0 Å². The number of nitrogens with zero attached hydrogens (tertiary/aromatic N) is 1. The molecule has 1 fully saturated rings. The third-order valence-electron chi connectivity index (χ3n) is 6.44. The Bertz CT molecular complexity index is 1150. The second-order valence-electron chi connectivity index (χ2n) is 9.07. The molecular formula is C28H29F4N3O. The summed E-state index contributed by atoms with van der Waals surface area (Å²) in [5, 5.41) is 6.26. The summed E-state index contributed by atoms with van der Waals surface area (Å²) in [4.78, 5) is 15.2. The molecule has 2 N–H and O–H groups in total. The molecule has 1 aliphatic rings. The van der Waals surface area contributed by atoms with Crippen molar-refractivity contribution in [2.75, 3.05) is 13.1 Å². The van der Waals surface area contributed by atoms with E-state index < -0.39 is 17.8 Å². The fourth-order valence-electron chi connectivity index (χ4n) is 4.58. The Kier molecular flexibility index (Phi) is 8.38. The predicted molar refractivity (Wildman–Crippen MR) is 130 cm³/mol. The summed E-state index contributed by atoms with van der Waals surface area (Å²) in [6.45, 7) is 1.75. The maximum absolute atomic E-state index is 13.9. The van der Waals surface area contributed by atoms with Crippen LogP contribution in [0.25, 0.3) is 0 Å². The Morgan fingerprint density at radius 2 is 1.67 bits per heavy atom. The highest BCUT2D eigenvalue weighted by atomic mass is 19.4. The molecule has 0 radical (unpaired) electrons. The molecule has 1 aliphatic heterocycles. The Hall–Kier alpha value is -3.23. The van der Waals surface area contributed by atoms with Crippen molar-refractivity contribution in [2.45, 2.75) is 44.2 Å². The number of nitrogens with one attached hydrogen (secondary N) is 2. The minimum atomic E-state index is -4.39. The number of carbonyl (C=O) groups excluding carboxylic acids is 1. The number of benzene rings is 3. The molecule has 3 aromatic carbocycles. The molecule has 0 bridgehead atoms. The molecule has 0 aliphatic carbocycles. The van der Waals surface area contributed by atoms with Gasteiger partial charge in [0, 0.05) is 32.2 Å². The van der Waals surface area contributed by atoms with Crippen LogP contribution in [0, 0.1) is 5.82 Å². The van der Waals surface area contributed by atoms with Gasteiger partial charge in [-0.15, -0.1) is 0 Å². The minimum absolute atomic E-state index is 0.0643. The zero-order valence-electron chi connectivity index (χ0n) is 19.8. The van der Waals surface area contributed by atoms with Crippen LogP contribution in [0.5, 0.6) is 0 Å². The van der Waals surface area contributed by atoms with Gasteiger partial charge in [-0.25, -0.2) is 4.39 Å². The van der Waals surface area contributed by atoms with Gasteiger partial charge in [0.2, 0.25) is 5.91 Å². The number of alkyl halides is 3. The second-order valence-corrected chi connectivity index (χ2v) is 9.07. The van der Waals surface area contributed by atoms with E-state index in [1.165, 1.54) is 12.1 Å². The van der Waals surface area contributed by atoms with E-state index in [4.69, 9.17) is 0 Å². The van der Waals surface area contributed by atoms with E-state index in [0.29, 0.717) is 43.6 Å². The molecule has 4 rings (SSSR count). The molecule has 0 saturated carbocycles. The van der Waals surface area contributed by atoms with Crippen molar-refractivity contribution in [3.63, 3.8) is 0 Å². The number of rotatable bonds is 9. The molecule has 0 spiro atoms. The molecule has 1 amide bonds. The lowest BCUT2D eigenvalue weighted by atomic mass is 10.1. The van der Waals surface area contributed by atoms with Gasteiger partial charge in [0.05, 0.1) is 11.6 Å². The summed E-state index contributed by atoms with van der Waals surface area (Å²) in [5.41, 5.74) is 1.48. The molecule has 1 saturated heterocycles. The molecule has 190 valence electrons. The lowest BCUT2D eigenvalue weighted by Gasteiger charge is -2.23. The van der Waals surface area contributed by atoms with Gasteiger partial charge < -0.3 is 10.6 Å². The van der Waals surface area contributed by atoms with Crippen LogP contribution < -0.4 is 10.6 Å². The van der Waals surface area contributed by atoms with Crippen molar-refractivity contribution in [3.05, 3.63) is 107 Å². The minimum Gasteiger partial charge on any atom is -0.354 e. The van der Waals surface area contributed by atoms with E-state index >= 15 is 0 Å². The van der Waals surface area contributed by atoms with Gasteiger partial charge in [-0.1, -0.05) is 66.7 Å². The summed E-state index contributed by atoms with van der Waals surface area (Å²) < 4.78 is 53.0. The summed E-state index contributed by atoms with van der Waals surface area (Å²) >= 11 is 0. The number of halogens is 4. The third-order valence-corrected chi connectivity index (χ3v) is 6.44. The fourth-order valence-corrected chi connectivity index (χ4v) is 4.58.